The molecule has 4 rings (SSSR count). The maximum atomic E-state index is 11.6. The van der Waals surface area contributed by atoms with Gasteiger partial charge in [-0.05, 0) is 78.8 Å². The van der Waals surface area contributed by atoms with Gasteiger partial charge in [0.05, 0.1) is 0 Å². The van der Waals surface area contributed by atoms with Crippen LogP contribution in [0, 0.1) is 0 Å². The van der Waals surface area contributed by atoms with Crippen molar-refractivity contribution in [2.45, 2.75) is 17.9 Å². The summed E-state index contributed by atoms with van der Waals surface area (Å²) in [6, 6.07) is 24.5. The number of rotatable bonds is 12. The number of ether oxygens (including phenoxy) is 2. The van der Waals surface area contributed by atoms with Crippen LogP contribution in [0.15, 0.2) is 78.9 Å². The van der Waals surface area contributed by atoms with Crippen LogP contribution in [-0.4, -0.2) is 47.4 Å². The molecule has 3 aromatic rings. The van der Waals surface area contributed by atoms with Crippen LogP contribution in [0.4, 0.5) is 10.5 Å². The standard InChI is InChI=1S/C26H27N3O5S/c30-20(17-33-21-10-12-23(13-11-21)34-22-4-2-1-3-5-22)16-27-15-14-18-6-8-19(9-7-18)28-25-24(31)29-26(32)35-25/h1-13,20,25,27-28,30H,14-17H2,(H,29,31,32). The Balaban J connectivity index is 1.11. The van der Waals surface area contributed by atoms with E-state index in [9.17, 15) is 14.7 Å². The summed E-state index contributed by atoms with van der Waals surface area (Å²) in [5, 5.41) is 17.8. The number of para-hydroxylation sites is 1. The van der Waals surface area contributed by atoms with Gasteiger partial charge in [0, 0.05) is 12.2 Å². The normalized spacial score (nSPS) is 16.0. The number of aliphatic hydroxyl groups excluding tert-OH is 1. The van der Waals surface area contributed by atoms with Crippen LogP contribution in [-0.2, 0) is 11.2 Å². The van der Waals surface area contributed by atoms with E-state index in [4.69, 9.17) is 9.47 Å². The zero-order valence-electron chi connectivity index (χ0n) is 19.0. The number of nitrogens with one attached hydrogen (secondary N) is 3. The molecular weight excluding hydrogens is 466 g/mol. The molecule has 35 heavy (non-hydrogen) atoms. The fraction of sp³-hybridized carbons (Fsp3) is 0.231. The van der Waals surface area contributed by atoms with E-state index in [2.05, 4.69) is 16.0 Å². The van der Waals surface area contributed by atoms with Crippen molar-refractivity contribution in [2.24, 2.45) is 0 Å². The summed E-state index contributed by atoms with van der Waals surface area (Å²) >= 11 is 0.935. The molecule has 1 aliphatic heterocycles. The van der Waals surface area contributed by atoms with Crippen molar-refractivity contribution in [2.75, 3.05) is 25.0 Å². The van der Waals surface area contributed by atoms with Crippen molar-refractivity contribution in [3.8, 4) is 17.2 Å². The lowest BCUT2D eigenvalue weighted by Crippen LogP contribution is -2.32. The predicted octanol–water partition coefficient (Wildman–Crippen LogP) is 3.77. The number of benzene rings is 3. The number of carbonyl (C=O) groups is 2. The monoisotopic (exact) mass is 493 g/mol. The number of carbonyl (C=O) groups excluding carboxylic acids is 2. The molecule has 3 aromatic carbocycles. The van der Waals surface area contributed by atoms with Crippen molar-refractivity contribution in [3.63, 3.8) is 0 Å². The number of amides is 2. The summed E-state index contributed by atoms with van der Waals surface area (Å²) in [5.74, 6) is 1.82. The molecule has 4 N–H and O–H groups in total. The zero-order valence-corrected chi connectivity index (χ0v) is 19.8. The summed E-state index contributed by atoms with van der Waals surface area (Å²) in [4.78, 5) is 22.9. The number of anilines is 1. The van der Waals surface area contributed by atoms with Gasteiger partial charge in [0.1, 0.15) is 30.0 Å². The summed E-state index contributed by atoms with van der Waals surface area (Å²) < 4.78 is 11.4. The third-order valence-corrected chi connectivity index (χ3v) is 6.04. The van der Waals surface area contributed by atoms with Crippen LogP contribution in [0.3, 0.4) is 0 Å². The molecule has 1 saturated heterocycles. The Bertz CT molecular complexity index is 1110. The fourth-order valence-corrected chi connectivity index (χ4v) is 4.09. The average molecular weight is 494 g/mol. The van der Waals surface area contributed by atoms with Crippen LogP contribution in [0.5, 0.6) is 17.2 Å². The SMILES string of the molecule is O=C1NC(=O)C(Nc2ccc(CCNCC(O)COc3ccc(Oc4ccccc4)cc3)cc2)S1. The van der Waals surface area contributed by atoms with Crippen LogP contribution in [0.25, 0.3) is 0 Å². The van der Waals surface area contributed by atoms with E-state index in [0.29, 0.717) is 24.6 Å². The highest BCUT2D eigenvalue weighted by atomic mass is 32.2. The summed E-state index contributed by atoms with van der Waals surface area (Å²) in [6.45, 7) is 1.29. The highest BCUT2D eigenvalue weighted by Gasteiger charge is 2.31. The van der Waals surface area contributed by atoms with Crippen molar-refractivity contribution in [3.05, 3.63) is 84.4 Å². The van der Waals surface area contributed by atoms with Gasteiger partial charge in [0.25, 0.3) is 11.1 Å². The fourth-order valence-electron chi connectivity index (χ4n) is 3.35. The molecule has 2 unspecified atom stereocenters. The van der Waals surface area contributed by atoms with Crippen LogP contribution in [0.1, 0.15) is 5.56 Å². The van der Waals surface area contributed by atoms with Gasteiger partial charge in [-0.1, -0.05) is 30.3 Å². The zero-order chi connectivity index (χ0) is 24.5. The minimum absolute atomic E-state index is 0.182. The molecule has 9 heteroatoms. The van der Waals surface area contributed by atoms with E-state index >= 15 is 0 Å². The summed E-state index contributed by atoms with van der Waals surface area (Å²) in [5.41, 5.74) is 1.89. The Hall–Kier alpha value is -3.53. The molecular formula is C26H27N3O5S. The Morgan fingerprint density at radius 2 is 1.60 bits per heavy atom. The van der Waals surface area contributed by atoms with E-state index in [0.717, 1.165) is 35.2 Å². The third-order valence-electron chi connectivity index (χ3n) is 5.16. The minimum atomic E-state index is -0.639. The lowest BCUT2D eigenvalue weighted by atomic mass is 10.1. The predicted molar refractivity (Wildman–Crippen MR) is 136 cm³/mol. The molecule has 182 valence electrons. The second-order valence-corrected chi connectivity index (χ2v) is 9.00. The van der Waals surface area contributed by atoms with E-state index in [1.54, 1.807) is 0 Å². The Morgan fingerprint density at radius 3 is 2.29 bits per heavy atom. The average Bonchev–Trinajstić information content (AvgIpc) is 3.19. The molecule has 0 aromatic heterocycles. The number of hydrogen-bond acceptors (Lipinski definition) is 8. The number of aliphatic hydroxyl groups is 1. The van der Waals surface area contributed by atoms with E-state index in [1.807, 2.05) is 78.9 Å². The largest absolute Gasteiger partial charge is 0.491 e. The van der Waals surface area contributed by atoms with Gasteiger partial charge >= 0.3 is 0 Å². The number of imide groups is 1. The smallest absolute Gasteiger partial charge is 0.288 e. The highest BCUT2D eigenvalue weighted by molar-refractivity contribution is 8.15. The van der Waals surface area contributed by atoms with Crippen LogP contribution >= 0.6 is 11.8 Å². The van der Waals surface area contributed by atoms with Gasteiger partial charge in [-0.25, -0.2) is 0 Å². The lowest BCUT2D eigenvalue weighted by Gasteiger charge is -2.14. The Labute approximate surface area is 208 Å². The van der Waals surface area contributed by atoms with Gasteiger partial charge in [0.2, 0.25) is 0 Å². The molecule has 1 fully saturated rings. The number of hydrogen-bond donors (Lipinski definition) is 4. The lowest BCUT2D eigenvalue weighted by molar-refractivity contribution is -0.118. The molecule has 2 atom stereocenters. The molecule has 8 nitrogen and oxygen atoms in total. The first-order valence-electron chi connectivity index (χ1n) is 11.3. The van der Waals surface area contributed by atoms with Crippen molar-refractivity contribution in [1.82, 2.24) is 10.6 Å². The molecule has 0 spiro atoms. The Morgan fingerprint density at radius 1 is 0.914 bits per heavy atom. The molecule has 0 aliphatic carbocycles. The molecule has 2 amide bonds. The van der Waals surface area contributed by atoms with Crippen LogP contribution < -0.4 is 25.4 Å². The topological polar surface area (TPSA) is 109 Å². The summed E-state index contributed by atoms with van der Waals surface area (Å²) in [7, 11) is 0. The maximum absolute atomic E-state index is 11.6. The van der Waals surface area contributed by atoms with Crippen LogP contribution in [0.2, 0.25) is 0 Å². The number of thioether (sulfide) groups is 1. The highest BCUT2D eigenvalue weighted by Crippen LogP contribution is 2.24. The molecule has 0 radical (unpaired) electrons. The van der Waals surface area contributed by atoms with E-state index < -0.39 is 11.5 Å². The van der Waals surface area contributed by atoms with Gasteiger partial charge in [0.15, 0.2) is 5.37 Å². The summed E-state index contributed by atoms with van der Waals surface area (Å²) in [6.07, 6.45) is 0.146. The second kappa shape index (κ2) is 12.3. The van der Waals surface area contributed by atoms with Crippen molar-refractivity contribution >= 4 is 28.6 Å². The molecule has 0 bridgehead atoms. The van der Waals surface area contributed by atoms with Crippen molar-refractivity contribution < 1.29 is 24.2 Å². The van der Waals surface area contributed by atoms with Crippen molar-refractivity contribution in [1.29, 1.82) is 0 Å². The first kappa shape index (κ1) is 24.6. The first-order valence-corrected chi connectivity index (χ1v) is 12.1. The van der Waals surface area contributed by atoms with Gasteiger partial charge in [-0.2, -0.15) is 0 Å². The van der Waals surface area contributed by atoms with E-state index in [1.165, 1.54) is 0 Å². The van der Waals surface area contributed by atoms with Gasteiger partial charge in [-0.3, -0.25) is 14.9 Å². The quantitative estimate of drug-likeness (QED) is 0.282. The molecule has 0 saturated carbocycles. The van der Waals surface area contributed by atoms with Gasteiger partial charge < -0.3 is 25.2 Å². The minimum Gasteiger partial charge on any atom is -0.491 e. The molecule has 1 aliphatic rings. The Kier molecular flexibility index (Phi) is 8.61. The maximum Gasteiger partial charge on any atom is 0.288 e. The second-order valence-electron chi connectivity index (χ2n) is 7.92. The first-order chi connectivity index (χ1) is 17.0. The molecule has 1 heterocycles. The van der Waals surface area contributed by atoms with E-state index in [-0.39, 0.29) is 17.8 Å². The third kappa shape index (κ3) is 7.74. The van der Waals surface area contributed by atoms with Gasteiger partial charge in [-0.15, -0.1) is 0 Å².